The normalized spacial score (nSPS) is 31.0. The molecule has 0 saturated carbocycles. The van der Waals surface area contributed by atoms with Gasteiger partial charge in [0.2, 0.25) is 5.91 Å². The number of primary amides is 1. The molecule has 0 radical (unpaired) electrons. The van der Waals surface area contributed by atoms with Crippen molar-refractivity contribution >= 4 is 5.91 Å². The van der Waals surface area contributed by atoms with Crippen LogP contribution in [0.25, 0.3) is 0 Å². The SMILES string of the molecule is CC1CN(CCC(C)(N)C(N)=O)C(C)CO1. The Kier molecular flexibility index (Phi) is 4.29. The summed E-state index contributed by atoms with van der Waals surface area (Å²) >= 11 is 0. The zero-order valence-electron chi connectivity index (χ0n) is 10.4. The van der Waals surface area contributed by atoms with E-state index in [2.05, 4.69) is 18.7 Å². The molecule has 0 aliphatic carbocycles. The Morgan fingerprint density at radius 1 is 1.56 bits per heavy atom. The van der Waals surface area contributed by atoms with E-state index in [-0.39, 0.29) is 6.10 Å². The molecule has 5 heteroatoms. The van der Waals surface area contributed by atoms with Crippen molar-refractivity contribution in [2.45, 2.75) is 44.9 Å². The first-order valence-corrected chi connectivity index (χ1v) is 5.77. The highest BCUT2D eigenvalue weighted by Crippen LogP contribution is 2.14. The number of morpholine rings is 1. The third-order valence-corrected chi connectivity index (χ3v) is 3.22. The number of hydrogen-bond donors (Lipinski definition) is 2. The molecule has 3 atom stereocenters. The predicted octanol–water partition coefficient (Wildman–Crippen LogP) is -0.312. The van der Waals surface area contributed by atoms with Crippen LogP contribution in [0, 0.1) is 0 Å². The summed E-state index contributed by atoms with van der Waals surface area (Å²) in [4.78, 5) is 13.4. The van der Waals surface area contributed by atoms with Gasteiger partial charge in [0.05, 0.1) is 18.2 Å². The summed E-state index contributed by atoms with van der Waals surface area (Å²) in [5.41, 5.74) is 10.1. The highest BCUT2D eigenvalue weighted by atomic mass is 16.5. The Morgan fingerprint density at radius 3 is 2.75 bits per heavy atom. The van der Waals surface area contributed by atoms with Crippen LogP contribution in [0.4, 0.5) is 0 Å². The molecule has 4 N–H and O–H groups in total. The first-order chi connectivity index (χ1) is 7.33. The Labute approximate surface area is 97.1 Å². The lowest BCUT2D eigenvalue weighted by Gasteiger charge is -2.38. The molecule has 1 heterocycles. The van der Waals surface area contributed by atoms with E-state index in [0.717, 1.165) is 19.7 Å². The van der Waals surface area contributed by atoms with Crippen molar-refractivity contribution < 1.29 is 9.53 Å². The molecule has 0 spiro atoms. The summed E-state index contributed by atoms with van der Waals surface area (Å²) in [7, 11) is 0. The number of nitrogens with zero attached hydrogens (tertiary/aromatic N) is 1. The van der Waals surface area contributed by atoms with Crippen LogP contribution in [0.1, 0.15) is 27.2 Å². The van der Waals surface area contributed by atoms with Gasteiger partial charge in [0.25, 0.3) is 0 Å². The predicted molar refractivity (Wildman–Crippen MR) is 62.9 cm³/mol. The molecule has 94 valence electrons. The summed E-state index contributed by atoms with van der Waals surface area (Å²) in [5.74, 6) is -0.443. The molecule has 3 unspecified atom stereocenters. The van der Waals surface area contributed by atoms with E-state index < -0.39 is 11.4 Å². The molecule has 0 aromatic carbocycles. The summed E-state index contributed by atoms with van der Waals surface area (Å²) < 4.78 is 5.54. The lowest BCUT2D eigenvalue weighted by atomic mass is 9.97. The minimum atomic E-state index is -0.915. The van der Waals surface area contributed by atoms with Crippen LogP contribution in [0.3, 0.4) is 0 Å². The zero-order chi connectivity index (χ0) is 12.3. The molecule has 5 nitrogen and oxygen atoms in total. The number of carbonyl (C=O) groups is 1. The van der Waals surface area contributed by atoms with Gasteiger partial charge in [-0.05, 0) is 27.2 Å². The molecule has 1 aliphatic rings. The van der Waals surface area contributed by atoms with Gasteiger partial charge in [-0.2, -0.15) is 0 Å². The van der Waals surface area contributed by atoms with Gasteiger partial charge in [-0.15, -0.1) is 0 Å². The molecule has 16 heavy (non-hydrogen) atoms. The molecule has 1 fully saturated rings. The zero-order valence-corrected chi connectivity index (χ0v) is 10.4. The highest BCUT2D eigenvalue weighted by molar-refractivity contribution is 5.83. The van der Waals surface area contributed by atoms with Gasteiger partial charge < -0.3 is 16.2 Å². The lowest BCUT2D eigenvalue weighted by Crippen LogP contribution is -2.54. The maximum absolute atomic E-state index is 11.1. The molecule has 1 rings (SSSR count). The lowest BCUT2D eigenvalue weighted by molar-refractivity contribution is -0.123. The number of rotatable bonds is 4. The van der Waals surface area contributed by atoms with Crippen LogP contribution in [0.2, 0.25) is 0 Å². The largest absolute Gasteiger partial charge is 0.376 e. The molecule has 1 amide bonds. The number of hydrogen-bond acceptors (Lipinski definition) is 4. The average molecular weight is 229 g/mol. The smallest absolute Gasteiger partial charge is 0.237 e. The van der Waals surface area contributed by atoms with Crippen LogP contribution < -0.4 is 11.5 Å². The molecule has 1 saturated heterocycles. The van der Waals surface area contributed by atoms with Crippen molar-refractivity contribution in [3.8, 4) is 0 Å². The summed E-state index contributed by atoms with van der Waals surface area (Å²) in [6.07, 6.45) is 0.827. The van der Waals surface area contributed by atoms with Gasteiger partial charge in [0, 0.05) is 19.1 Å². The molecule has 0 bridgehead atoms. The fourth-order valence-corrected chi connectivity index (χ4v) is 1.78. The number of ether oxygens (including phenoxy) is 1. The van der Waals surface area contributed by atoms with E-state index in [0.29, 0.717) is 12.5 Å². The van der Waals surface area contributed by atoms with Gasteiger partial charge in [0.1, 0.15) is 0 Å². The van der Waals surface area contributed by atoms with Crippen LogP contribution in [-0.4, -0.2) is 48.2 Å². The molecular weight excluding hydrogens is 206 g/mol. The molecule has 0 aromatic rings. The maximum Gasteiger partial charge on any atom is 0.237 e. The summed E-state index contributed by atoms with van der Waals surface area (Å²) in [6, 6.07) is 0.375. The topological polar surface area (TPSA) is 81.6 Å². The van der Waals surface area contributed by atoms with E-state index in [4.69, 9.17) is 16.2 Å². The minimum absolute atomic E-state index is 0.244. The van der Waals surface area contributed by atoms with Crippen LogP contribution >= 0.6 is 0 Å². The standard InChI is InChI=1S/C11H23N3O2/c1-8-7-16-9(2)6-14(8)5-4-11(3,13)10(12)15/h8-9H,4-7,13H2,1-3H3,(H2,12,15). The molecule has 0 aromatic heterocycles. The molecule has 1 aliphatic heterocycles. The maximum atomic E-state index is 11.1. The van der Waals surface area contributed by atoms with Crippen LogP contribution in [-0.2, 0) is 9.53 Å². The van der Waals surface area contributed by atoms with E-state index in [9.17, 15) is 4.79 Å². The fourth-order valence-electron chi connectivity index (χ4n) is 1.78. The monoisotopic (exact) mass is 229 g/mol. The van der Waals surface area contributed by atoms with E-state index in [1.807, 2.05) is 0 Å². The third-order valence-electron chi connectivity index (χ3n) is 3.22. The minimum Gasteiger partial charge on any atom is -0.376 e. The highest BCUT2D eigenvalue weighted by Gasteiger charge is 2.29. The third kappa shape index (κ3) is 3.43. The van der Waals surface area contributed by atoms with E-state index in [1.165, 1.54) is 0 Å². The number of nitrogens with two attached hydrogens (primary N) is 2. The Morgan fingerprint density at radius 2 is 2.19 bits per heavy atom. The van der Waals surface area contributed by atoms with Crippen LogP contribution in [0.5, 0.6) is 0 Å². The Bertz CT molecular complexity index is 256. The second-order valence-corrected chi connectivity index (χ2v) is 5.02. The first kappa shape index (κ1) is 13.4. The van der Waals surface area contributed by atoms with E-state index in [1.54, 1.807) is 6.92 Å². The second-order valence-electron chi connectivity index (χ2n) is 5.02. The van der Waals surface area contributed by atoms with Gasteiger partial charge in [-0.1, -0.05) is 0 Å². The van der Waals surface area contributed by atoms with Crippen molar-refractivity contribution in [2.24, 2.45) is 11.5 Å². The van der Waals surface area contributed by atoms with E-state index >= 15 is 0 Å². The van der Waals surface area contributed by atoms with Crippen molar-refractivity contribution in [1.29, 1.82) is 0 Å². The van der Waals surface area contributed by atoms with Gasteiger partial charge in [-0.3, -0.25) is 9.69 Å². The van der Waals surface area contributed by atoms with Crippen molar-refractivity contribution in [1.82, 2.24) is 4.90 Å². The second kappa shape index (κ2) is 5.12. The quantitative estimate of drug-likeness (QED) is 0.693. The summed E-state index contributed by atoms with van der Waals surface area (Å²) in [5, 5.41) is 0. The Balaban J connectivity index is 2.44. The van der Waals surface area contributed by atoms with Crippen molar-refractivity contribution in [2.75, 3.05) is 19.7 Å². The van der Waals surface area contributed by atoms with Gasteiger partial charge in [-0.25, -0.2) is 0 Å². The molecular formula is C11H23N3O2. The summed E-state index contributed by atoms with van der Waals surface area (Å²) in [6.45, 7) is 8.25. The van der Waals surface area contributed by atoms with Crippen molar-refractivity contribution in [3.05, 3.63) is 0 Å². The van der Waals surface area contributed by atoms with Gasteiger partial charge >= 0.3 is 0 Å². The van der Waals surface area contributed by atoms with Crippen molar-refractivity contribution in [3.63, 3.8) is 0 Å². The fraction of sp³-hybridized carbons (Fsp3) is 0.909. The number of carbonyl (C=O) groups excluding carboxylic acids is 1. The average Bonchev–Trinajstić information content (AvgIpc) is 2.19. The first-order valence-electron chi connectivity index (χ1n) is 5.77. The Hall–Kier alpha value is -0.650. The van der Waals surface area contributed by atoms with Crippen LogP contribution in [0.15, 0.2) is 0 Å². The van der Waals surface area contributed by atoms with Gasteiger partial charge in [0.15, 0.2) is 0 Å². The number of amides is 1.